The number of carbonyl (C=O) groups excluding carboxylic acids is 1. The van der Waals surface area contributed by atoms with Crippen LogP contribution in [0.25, 0.3) is 0 Å². The van der Waals surface area contributed by atoms with Gasteiger partial charge in [-0.05, 0) is 56.5 Å². The smallest absolute Gasteiger partial charge is 0.253 e. The van der Waals surface area contributed by atoms with Crippen molar-refractivity contribution in [2.75, 3.05) is 37.6 Å². The number of anilines is 1. The average molecular weight is 406 g/mol. The molecule has 0 aromatic heterocycles. The first-order valence-electron chi connectivity index (χ1n) is 11.2. The zero-order chi connectivity index (χ0) is 21.3. The SMILES string of the molecule is C=CCN1CCC(N(Cc2ccccc2)c2ccc(C(=O)N(CC)CC)cc2)CC1. The molecule has 2 aromatic rings. The highest BCUT2D eigenvalue weighted by Crippen LogP contribution is 2.26. The maximum absolute atomic E-state index is 12.7. The third kappa shape index (κ3) is 5.51. The van der Waals surface area contributed by atoms with Crippen molar-refractivity contribution in [3.05, 3.63) is 78.4 Å². The lowest BCUT2D eigenvalue weighted by Gasteiger charge is -2.40. The van der Waals surface area contributed by atoms with Crippen molar-refractivity contribution in [3.63, 3.8) is 0 Å². The third-order valence-electron chi connectivity index (χ3n) is 6.08. The Balaban J connectivity index is 1.79. The molecule has 0 N–H and O–H groups in total. The molecular weight excluding hydrogens is 370 g/mol. The van der Waals surface area contributed by atoms with Crippen molar-refractivity contribution < 1.29 is 4.79 Å². The quantitative estimate of drug-likeness (QED) is 0.559. The molecule has 1 aliphatic heterocycles. The number of likely N-dealkylation sites (tertiary alicyclic amines) is 1. The predicted molar refractivity (Wildman–Crippen MR) is 126 cm³/mol. The Hall–Kier alpha value is -2.59. The molecule has 4 heteroatoms. The molecule has 0 spiro atoms. The van der Waals surface area contributed by atoms with Gasteiger partial charge in [-0.15, -0.1) is 6.58 Å². The number of hydrogen-bond donors (Lipinski definition) is 0. The monoisotopic (exact) mass is 405 g/mol. The molecule has 0 bridgehead atoms. The van der Waals surface area contributed by atoms with Gasteiger partial charge in [-0.2, -0.15) is 0 Å². The third-order valence-corrected chi connectivity index (χ3v) is 6.08. The molecule has 1 aliphatic rings. The molecule has 4 nitrogen and oxygen atoms in total. The standard InChI is InChI=1S/C26H35N3O/c1-4-18-27-19-16-25(17-20-27)29(21-22-10-8-7-9-11-22)24-14-12-23(13-15-24)26(30)28(5-2)6-3/h4,7-15,25H,1,5-6,16-21H2,2-3H3. The summed E-state index contributed by atoms with van der Waals surface area (Å²) < 4.78 is 0. The van der Waals surface area contributed by atoms with Gasteiger partial charge in [0.2, 0.25) is 0 Å². The first kappa shape index (κ1) is 22.1. The first-order valence-corrected chi connectivity index (χ1v) is 11.2. The Bertz CT molecular complexity index is 791. The van der Waals surface area contributed by atoms with Crippen LogP contribution in [0.3, 0.4) is 0 Å². The van der Waals surface area contributed by atoms with Crippen molar-refractivity contribution in [2.24, 2.45) is 0 Å². The Labute approximate surface area is 181 Å². The van der Waals surface area contributed by atoms with Crippen LogP contribution in [0.1, 0.15) is 42.6 Å². The van der Waals surface area contributed by atoms with Crippen molar-refractivity contribution in [1.29, 1.82) is 0 Å². The van der Waals surface area contributed by atoms with Crippen LogP contribution in [0.5, 0.6) is 0 Å². The molecule has 1 amide bonds. The van der Waals surface area contributed by atoms with E-state index in [2.05, 4.69) is 58.8 Å². The summed E-state index contributed by atoms with van der Waals surface area (Å²) in [6.45, 7) is 13.4. The summed E-state index contributed by atoms with van der Waals surface area (Å²) in [5.74, 6) is 0.110. The average Bonchev–Trinajstić information content (AvgIpc) is 2.80. The number of benzene rings is 2. The van der Waals surface area contributed by atoms with E-state index in [1.807, 2.05) is 37.0 Å². The molecule has 160 valence electrons. The van der Waals surface area contributed by atoms with Gasteiger partial charge < -0.3 is 9.80 Å². The van der Waals surface area contributed by atoms with Gasteiger partial charge in [-0.3, -0.25) is 9.69 Å². The highest BCUT2D eigenvalue weighted by Gasteiger charge is 2.25. The van der Waals surface area contributed by atoms with Gasteiger partial charge in [-0.1, -0.05) is 36.4 Å². The summed E-state index contributed by atoms with van der Waals surface area (Å²) in [7, 11) is 0. The zero-order valence-corrected chi connectivity index (χ0v) is 18.5. The fraction of sp³-hybridized carbons (Fsp3) is 0.423. The first-order chi connectivity index (χ1) is 14.7. The number of piperidine rings is 1. The van der Waals surface area contributed by atoms with Gasteiger partial charge in [-0.25, -0.2) is 0 Å². The van der Waals surface area contributed by atoms with Gasteiger partial charge in [0.05, 0.1) is 0 Å². The van der Waals surface area contributed by atoms with E-state index in [0.717, 1.165) is 57.7 Å². The lowest BCUT2D eigenvalue weighted by atomic mass is 10.0. The molecule has 1 saturated heterocycles. The second-order valence-corrected chi connectivity index (χ2v) is 7.96. The Morgan fingerprint density at radius 1 is 1.03 bits per heavy atom. The Morgan fingerprint density at radius 3 is 2.23 bits per heavy atom. The number of amides is 1. The van der Waals surface area contributed by atoms with Crippen molar-refractivity contribution in [1.82, 2.24) is 9.80 Å². The second kappa shape index (κ2) is 11.0. The van der Waals surface area contributed by atoms with Gasteiger partial charge >= 0.3 is 0 Å². The van der Waals surface area contributed by atoms with Crippen LogP contribution in [-0.4, -0.2) is 54.5 Å². The summed E-state index contributed by atoms with van der Waals surface area (Å²) in [6.07, 6.45) is 4.27. The molecule has 2 aromatic carbocycles. The number of nitrogens with zero attached hydrogens (tertiary/aromatic N) is 3. The maximum atomic E-state index is 12.7. The van der Waals surface area contributed by atoms with E-state index >= 15 is 0 Å². The van der Waals surface area contributed by atoms with Crippen LogP contribution in [0, 0.1) is 0 Å². The highest BCUT2D eigenvalue weighted by atomic mass is 16.2. The topological polar surface area (TPSA) is 26.8 Å². The van der Waals surface area contributed by atoms with Crippen LogP contribution >= 0.6 is 0 Å². The summed E-state index contributed by atoms with van der Waals surface area (Å²) in [4.78, 5) is 19.5. The molecular formula is C26H35N3O. The number of carbonyl (C=O) groups is 1. The molecule has 0 aliphatic carbocycles. The van der Waals surface area contributed by atoms with Crippen molar-refractivity contribution in [2.45, 2.75) is 39.3 Å². The molecule has 30 heavy (non-hydrogen) atoms. The van der Waals surface area contributed by atoms with Crippen LogP contribution in [0.2, 0.25) is 0 Å². The van der Waals surface area contributed by atoms with Crippen LogP contribution in [0.4, 0.5) is 5.69 Å². The van der Waals surface area contributed by atoms with Crippen LogP contribution < -0.4 is 4.90 Å². The summed E-state index contributed by atoms with van der Waals surface area (Å²) >= 11 is 0. The molecule has 0 saturated carbocycles. The molecule has 3 rings (SSSR count). The summed E-state index contributed by atoms with van der Waals surface area (Å²) in [6, 6.07) is 19.4. The van der Waals surface area contributed by atoms with Gasteiger partial charge in [0, 0.05) is 56.6 Å². The van der Waals surface area contributed by atoms with E-state index in [0.29, 0.717) is 6.04 Å². The minimum Gasteiger partial charge on any atom is -0.364 e. The number of hydrogen-bond acceptors (Lipinski definition) is 3. The second-order valence-electron chi connectivity index (χ2n) is 7.96. The van der Waals surface area contributed by atoms with Crippen molar-refractivity contribution >= 4 is 11.6 Å². The summed E-state index contributed by atoms with van der Waals surface area (Å²) in [5.41, 5.74) is 3.27. The molecule has 1 heterocycles. The Morgan fingerprint density at radius 2 is 1.67 bits per heavy atom. The zero-order valence-electron chi connectivity index (χ0n) is 18.5. The van der Waals surface area contributed by atoms with Crippen LogP contribution in [-0.2, 0) is 6.54 Å². The van der Waals surface area contributed by atoms with E-state index < -0.39 is 0 Å². The van der Waals surface area contributed by atoms with Crippen LogP contribution in [0.15, 0.2) is 67.3 Å². The van der Waals surface area contributed by atoms with E-state index in [1.165, 1.54) is 11.3 Å². The fourth-order valence-electron chi connectivity index (χ4n) is 4.30. The number of rotatable bonds is 9. The Kier molecular flexibility index (Phi) is 8.09. The molecule has 0 radical (unpaired) electrons. The molecule has 1 fully saturated rings. The van der Waals surface area contributed by atoms with E-state index in [-0.39, 0.29) is 5.91 Å². The maximum Gasteiger partial charge on any atom is 0.253 e. The largest absolute Gasteiger partial charge is 0.364 e. The van der Waals surface area contributed by atoms with Gasteiger partial charge in [0.1, 0.15) is 0 Å². The lowest BCUT2D eigenvalue weighted by Crippen LogP contribution is -2.44. The van der Waals surface area contributed by atoms with E-state index in [1.54, 1.807) is 0 Å². The normalized spacial score (nSPS) is 15.0. The van der Waals surface area contributed by atoms with Gasteiger partial charge in [0.15, 0.2) is 0 Å². The lowest BCUT2D eigenvalue weighted by molar-refractivity contribution is 0.0773. The van der Waals surface area contributed by atoms with Crippen molar-refractivity contribution in [3.8, 4) is 0 Å². The summed E-state index contributed by atoms with van der Waals surface area (Å²) in [5, 5.41) is 0. The fourth-order valence-corrected chi connectivity index (χ4v) is 4.30. The molecule has 0 atom stereocenters. The minimum atomic E-state index is 0.110. The van der Waals surface area contributed by atoms with E-state index in [4.69, 9.17) is 0 Å². The van der Waals surface area contributed by atoms with E-state index in [9.17, 15) is 4.79 Å². The minimum absolute atomic E-state index is 0.110. The molecule has 0 unspecified atom stereocenters. The predicted octanol–water partition coefficient (Wildman–Crippen LogP) is 4.83. The highest BCUT2D eigenvalue weighted by molar-refractivity contribution is 5.94. The van der Waals surface area contributed by atoms with Gasteiger partial charge in [0.25, 0.3) is 5.91 Å².